The number of nitrogen functional groups attached to an aromatic ring is 1. The van der Waals surface area contributed by atoms with Gasteiger partial charge in [-0.2, -0.15) is 4.98 Å². The Kier molecular flexibility index (Phi) is 6.71. The molecule has 0 amide bonds. The van der Waals surface area contributed by atoms with Gasteiger partial charge in [-0.1, -0.05) is 6.92 Å². The average Bonchev–Trinajstić information content (AvgIpc) is 2.92. The highest BCUT2D eigenvalue weighted by Gasteiger charge is 2.50. The van der Waals surface area contributed by atoms with E-state index in [1.807, 2.05) is 6.92 Å². The van der Waals surface area contributed by atoms with Crippen LogP contribution in [0.4, 0.5) is 5.95 Å². The normalized spacial score (nSPS) is 13.9. The van der Waals surface area contributed by atoms with Crippen molar-refractivity contribution >= 4 is 35.5 Å². The Morgan fingerprint density at radius 2 is 2.12 bits per heavy atom. The van der Waals surface area contributed by atoms with Crippen molar-refractivity contribution in [3.63, 3.8) is 0 Å². The molecule has 0 unspecified atom stereocenters. The van der Waals surface area contributed by atoms with Crippen LogP contribution in [0.25, 0.3) is 11.2 Å². The number of carbonyl (C=O) groups excluding carboxylic acids is 1. The summed E-state index contributed by atoms with van der Waals surface area (Å²) in [5.74, 6) is -1.00. The van der Waals surface area contributed by atoms with E-state index in [0.29, 0.717) is 6.42 Å². The van der Waals surface area contributed by atoms with Crippen LogP contribution in [0.3, 0.4) is 0 Å². The van der Waals surface area contributed by atoms with E-state index >= 15 is 0 Å². The Morgan fingerprint density at radius 1 is 1.46 bits per heavy atom. The van der Waals surface area contributed by atoms with E-state index in [1.165, 1.54) is 24.7 Å². The Bertz CT molecular complexity index is 829. The number of imidazole rings is 1. The standard InChI is InChI=1S/C14H22N6O5.ClH/c1-4-5-24-11(22)14(16,13(2,3)23)25-7-20-6-17-8-9(20)18-12(15)19-10(8)21;/h6,23H,4-5,7,16H2,1-3H3,(H3,15,18,19,21);1H/t14-;/m0./s1. The minimum atomic E-state index is -2.13. The smallest absolute Gasteiger partial charge is 0.356 e. The monoisotopic (exact) mass is 390 g/mol. The van der Waals surface area contributed by atoms with Gasteiger partial charge < -0.3 is 20.3 Å². The summed E-state index contributed by atoms with van der Waals surface area (Å²) < 4.78 is 11.8. The summed E-state index contributed by atoms with van der Waals surface area (Å²) in [6.45, 7) is 4.30. The van der Waals surface area contributed by atoms with Gasteiger partial charge in [0, 0.05) is 0 Å². The third-order valence-electron chi connectivity index (χ3n) is 3.57. The van der Waals surface area contributed by atoms with Crippen LogP contribution in [-0.2, 0) is 21.0 Å². The Hall–Kier alpha value is -2.21. The van der Waals surface area contributed by atoms with E-state index in [9.17, 15) is 14.7 Å². The number of anilines is 1. The molecule has 0 saturated carbocycles. The zero-order valence-corrected chi connectivity index (χ0v) is 15.5. The van der Waals surface area contributed by atoms with Crippen molar-refractivity contribution in [3.05, 3.63) is 16.7 Å². The number of esters is 1. The lowest BCUT2D eigenvalue weighted by Gasteiger charge is -2.37. The number of rotatable bonds is 7. The quantitative estimate of drug-likeness (QED) is 0.358. The number of aromatic nitrogens is 4. The first kappa shape index (κ1) is 21.8. The van der Waals surface area contributed by atoms with Crippen LogP contribution in [0.1, 0.15) is 27.2 Å². The van der Waals surface area contributed by atoms with Gasteiger partial charge in [0.05, 0.1) is 12.9 Å². The Balaban J connectivity index is 0.00000338. The largest absolute Gasteiger partial charge is 0.462 e. The number of aliphatic hydroxyl groups is 1. The van der Waals surface area contributed by atoms with Gasteiger partial charge in [-0.25, -0.2) is 9.78 Å². The molecule has 2 aromatic heterocycles. The molecule has 0 saturated heterocycles. The van der Waals surface area contributed by atoms with E-state index in [1.54, 1.807) is 0 Å². The number of carbonyl (C=O) groups is 1. The van der Waals surface area contributed by atoms with Crippen LogP contribution in [-0.4, -0.2) is 48.5 Å². The Morgan fingerprint density at radius 3 is 2.69 bits per heavy atom. The maximum absolute atomic E-state index is 12.3. The number of H-pyrrole nitrogens is 1. The third-order valence-corrected chi connectivity index (χ3v) is 3.57. The van der Waals surface area contributed by atoms with E-state index < -0.39 is 22.9 Å². The number of hydrogen-bond acceptors (Lipinski definition) is 9. The second-order valence-corrected chi connectivity index (χ2v) is 6.04. The lowest BCUT2D eigenvalue weighted by atomic mass is 9.95. The first-order valence-electron chi connectivity index (χ1n) is 7.63. The van der Waals surface area contributed by atoms with Crippen molar-refractivity contribution in [1.29, 1.82) is 0 Å². The number of nitrogens with zero attached hydrogens (tertiary/aromatic N) is 3. The molecule has 0 aliphatic carbocycles. The molecule has 6 N–H and O–H groups in total. The second-order valence-electron chi connectivity index (χ2n) is 6.04. The molecule has 12 heteroatoms. The number of ether oxygens (including phenoxy) is 2. The molecule has 0 fully saturated rings. The molecule has 11 nitrogen and oxygen atoms in total. The maximum atomic E-state index is 12.3. The fourth-order valence-corrected chi connectivity index (χ4v) is 2.02. The van der Waals surface area contributed by atoms with Crippen LogP contribution in [0.2, 0.25) is 0 Å². The molecule has 0 bridgehead atoms. The zero-order valence-electron chi connectivity index (χ0n) is 14.7. The second kappa shape index (κ2) is 7.99. The average molecular weight is 391 g/mol. The van der Waals surface area contributed by atoms with E-state index in [-0.39, 0.29) is 42.9 Å². The lowest BCUT2D eigenvalue weighted by Crippen LogP contribution is -2.65. The van der Waals surface area contributed by atoms with E-state index in [4.69, 9.17) is 20.9 Å². The highest BCUT2D eigenvalue weighted by molar-refractivity contribution is 5.85. The predicted octanol–water partition coefficient (Wildman–Crippen LogP) is -0.523. The molecule has 1 atom stereocenters. The maximum Gasteiger partial charge on any atom is 0.356 e. The van der Waals surface area contributed by atoms with Crippen LogP contribution in [0.5, 0.6) is 0 Å². The molecule has 0 radical (unpaired) electrons. The summed E-state index contributed by atoms with van der Waals surface area (Å²) in [6.07, 6.45) is 1.88. The van der Waals surface area contributed by atoms with Crippen molar-refractivity contribution in [3.8, 4) is 0 Å². The topological polar surface area (TPSA) is 171 Å². The van der Waals surface area contributed by atoms with Crippen molar-refractivity contribution in [2.24, 2.45) is 5.73 Å². The summed E-state index contributed by atoms with van der Waals surface area (Å²) in [7, 11) is 0. The Labute approximate surface area is 155 Å². The lowest BCUT2D eigenvalue weighted by molar-refractivity contribution is -0.213. The molecule has 2 heterocycles. The number of halogens is 1. The van der Waals surface area contributed by atoms with Crippen molar-refractivity contribution in [2.75, 3.05) is 12.3 Å². The highest BCUT2D eigenvalue weighted by atomic mass is 35.5. The number of aromatic amines is 1. The SMILES string of the molecule is CCCOC(=O)[C@](N)(OCn1cnc2c(=O)[nH]c(N)nc21)C(C)(C)O.Cl. The minimum Gasteiger partial charge on any atom is -0.462 e. The number of nitrogens with one attached hydrogen (secondary N) is 1. The molecular weight excluding hydrogens is 368 g/mol. The fourth-order valence-electron chi connectivity index (χ4n) is 2.02. The van der Waals surface area contributed by atoms with Gasteiger partial charge in [0.2, 0.25) is 11.7 Å². The molecular formula is C14H23ClN6O5. The highest BCUT2D eigenvalue weighted by Crippen LogP contribution is 2.23. The first-order chi connectivity index (χ1) is 11.6. The minimum absolute atomic E-state index is 0. The van der Waals surface area contributed by atoms with Crippen molar-refractivity contribution < 1.29 is 19.4 Å². The van der Waals surface area contributed by atoms with Crippen molar-refractivity contribution in [2.45, 2.75) is 45.2 Å². The molecule has 0 aromatic carbocycles. The van der Waals surface area contributed by atoms with Crippen LogP contribution >= 0.6 is 12.4 Å². The molecule has 0 spiro atoms. The van der Waals surface area contributed by atoms with E-state index in [2.05, 4.69) is 15.0 Å². The molecule has 26 heavy (non-hydrogen) atoms. The molecule has 146 valence electrons. The van der Waals surface area contributed by atoms with Gasteiger partial charge in [-0.15, -0.1) is 12.4 Å². The first-order valence-corrected chi connectivity index (χ1v) is 7.63. The predicted molar refractivity (Wildman–Crippen MR) is 95.4 cm³/mol. The van der Waals surface area contributed by atoms with Crippen LogP contribution in [0, 0.1) is 0 Å². The number of fused-ring (bicyclic) bond motifs is 1. The van der Waals surface area contributed by atoms with Gasteiger partial charge in [0.15, 0.2) is 11.2 Å². The molecule has 0 aliphatic rings. The van der Waals surface area contributed by atoms with Gasteiger partial charge >= 0.3 is 5.97 Å². The van der Waals surface area contributed by atoms with Crippen LogP contribution in [0.15, 0.2) is 11.1 Å². The summed E-state index contributed by atoms with van der Waals surface area (Å²) in [4.78, 5) is 34.2. The summed E-state index contributed by atoms with van der Waals surface area (Å²) in [5.41, 5.74) is 7.33. The molecule has 0 aliphatic heterocycles. The van der Waals surface area contributed by atoms with Gasteiger partial charge in [0.25, 0.3) is 5.56 Å². The van der Waals surface area contributed by atoms with E-state index in [0.717, 1.165) is 0 Å². The van der Waals surface area contributed by atoms with Gasteiger partial charge in [-0.05, 0) is 20.3 Å². The van der Waals surface area contributed by atoms with Gasteiger partial charge in [0.1, 0.15) is 12.3 Å². The van der Waals surface area contributed by atoms with Crippen molar-refractivity contribution in [1.82, 2.24) is 19.5 Å². The number of hydrogen-bond donors (Lipinski definition) is 4. The zero-order chi connectivity index (χ0) is 18.8. The third kappa shape index (κ3) is 4.12. The fraction of sp³-hybridized carbons (Fsp3) is 0.571. The summed E-state index contributed by atoms with van der Waals surface area (Å²) in [5, 5.41) is 10.3. The molecule has 2 aromatic rings. The number of nitrogens with two attached hydrogens (primary N) is 2. The summed E-state index contributed by atoms with van der Waals surface area (Å²) in [6, 6.07) is 0. The van der Waals surface area contributed by atoms with Crippen LogP contribution < -0.4 is 17.0 Å². The summed E-state index contributed by atoms with van der Waals surface area (Å²) >= 11 is 0. The van der Waals surface area contributed by atoms with Gasteiger partial charge in [-0.3, -0.25) is 20.1 Å². The molecule has 2 rings (SSSR count).